The van der Waals surface area contributed by atoms with E-state index in [0.717, 1.165) is 28.5 Å². The molecule has 3 aliphatic rings. The number of nitrogens with two attached hydrogens (primary N) is 1. The van der Waals surface area contributed by atoms with Crippen molar-refractivity contribution in [3.05, 3.63) is 61.7 Å². The predicted octanol–water partition coefficient (Wildman–Crippen LogP) is 3.22. The maximum atomic E-state index is 15.0. The Morgan fingerprint density at radius 1 is 1.21 bits per heavy atom. The summed E-state index contributed by atoms with van der Waals surface area (Å²) in [7, 11) is 0. The number of hydrogen-bond acceptors (Lipinski definition) is 6. The van der Waals surface area contributed by atoms with Gasteiger partial charge in [-0.05, 0) is 74.8 Å². The molecule has 0 unspecified atom stereocenters. The molecule has 0 bridgehead atoms. The van der Waals surface area contributed by atoms with E-state index >= 15 is 4.39 Å². The van der Waals surface area contributed by atoms with Crippen molar-refractivity contribution in [2.45, 2.75) is 83.4 Å². The number of amides is 1. The van der Waals surface area contributed by atoms with E-state index in [9.17, 15) is 19.5 Å². The molecule has 39 heavy (non-hydrogen) atoms. The third-order valence-corrected chi connectivity index (χ3v) is 8.95. The van der Waals surface area contributed by atoms with Gasteiger partial charge in [0.15, 0.2) is 5.78 Å². The molecule has 4 N–H and O–H groups in total. The number of benzene rings is 1. The van der Waals surface area contributed by atoms with Gasteiger partial charge in [0.05, 0.1) is 29.5 Å². The van der Waals surface area contributed by atoms with E-state index in [-0.39, 0.29) is 54.9 Å². The smallest absolute Gasteiger partial charge is 0.254 e. The fraction of sp³-hybridized carbons (Fsp3) is 0.467. The van der Waals surface area contributed by atoms with E-state index < -0.39 is 5.60 Å². The first-order chi connectivity index (χ1) is 18.7. The van der Waals surface area contributed by atoms with Crippen LogP contribution in [0.15, 0.2) is 16.9 Å². The number of rotatable bonds is 6. The molecule has 0 spiro atoms. The lowest BCUT2D eigenvalue weighted by atomic mass is 9.77. The minimum atomic E-state index is -1.72. The van der Waals surface area contributed by atoms with E-state index in [2.05, 4.69) is 5.32 Å². The van der Waals surface area contributed by atoms with Crippen LogP contribution in [-0.4, -0.2) is 32.9 Å². The fourth-order valence-electron chi connectivity index (χ4n) is 6.78. The molecule has 2 aliphatic carbocycles. The Labute approximate surface area is 225 Å². The van der Waals surface area contributed by atoms with Crippen molar-refractivity contribution in [2.75, 3.05) is 6.54 Å². The van der Waals surface area contributed by atoms with Gasteiger partial charge in [-0.25, -0.2) is 9.37 Å². The zero-order valence-corrected chi connectivity index (χ0v) is 22.3. The Balaban J connectivity index is 1.56. The quantitative estimate of drug-likeness (QED) is 0.327. The zero-order valence-electron chi connectivity index (χ0n) is 22.3. The maximum absolute atomic E-state index is 15.0. The zero-order chi connectivity index (χ0) is 27.6. The second-order valence-electron chi connectivity index (χ2n) is 11.1. The van der Waals surface area contributed by atoms with Gasteiger partial charge in [-0.2, -0.15) is 0 Å². The first-order valence-corrected chi connectivity index (χ1v) is 13.9. The minimum absolute atomic E-state index is 0.0656. The second kappa shape index (κ2) is 9.34. The molecule has 2 aromatic heterocycles. The number of hydrogen-bond donors (Lipinski definition) is 3. The maximum Gasteiger partial charge on any atom is 0.254 e. The number of aliphatic hydroxyl groups is 1. The molecule has 0 fully saturated rings. The molecule has 1 aromatic carbocycles. The molecule has 204 valence electrons. The second-order valence-corrected chi connectivity index (χ2v) is 11.1. The average molecular weight is 533 g/mol. The van der Waals surface area contributed by atoms with Gasteiger partial charge in [-0.3, -0.25) is 14.4 Å². The Hall–Kier alpha value is -3.43. The fourth-order valence-corrected chi connectivity index (χ4v) is 6.78. The lowest BCUT2D eigenvalue weighted by Crippen LogP contribution is -2.43. The summed E-state index contributed by atoms with van der Waals surface area (Å²) < 4.78 is 16.7. The summed E-state index contributed by atoms with van der Waals surface area (Å²) in [6.45, 7) is 4.30. The van der Waals surface area contributed by atoms with Gasteiger partial charge in [-0.15, -0.1) is 0 Å². The lowest BCUT2D eigenvalue weighted by Gasteiger charge is -2.32. The van der Waals surface area contributed by atoms with Gasteiger partial charge in [0, 0.05) is 41.0 Å². The number of halogens is 1. The normalized spacial score (nSPS) is 21.1. The lowest BCUT2D eigenvalue weighted by molar-refractivity contribution is -0.140. The molecule has 8 nitrogen and oxygen atoms in total. The van der Waals surface area contributed by atoms with Crippen LogP contribution in [0, 0.1) is 12.7 Å². The van der Waals surface area contributed by atoms with Crippen LogP contribution in [0.4, 0.5) is 4.39 Å². The number of aromatic nitrogens is 2. The van der Waals surface area contributed by atoms with Crippen LogP contribution in [0.1, 0.15) is 84.9 Å². The van der Waals surface area contributed by atoms with Gasteiger partial charge < -0.3 is 20.7 Å². The van der Waals surface area contributed by atoms with Gasteiger partial charge in [-0.1, -0.05) is 6.92 Å². The Morgan fingerprint density at radius 3 is 2.74 bits per heavy atom. The number of pyridine rings is 2. The summed E-state index contributed by atoms with van der Waals surface area (Å²) in [6.07, 6.45) is 3.61. The van der Waals surface area contributed by atoms with Crippen LogP contribution >= 0.6 is 0 Å². The van der Waals surface area contributed by atoms with Crippen LogP contribution in [0.5, 0.6) is 0 Å². The SMILES string of the molecule is CC[C@@]1(O)C(=O)CCc2c1cc1n(c2=O)Cc2c-1nc1cc(F)c(C)c3c1c2[C@@H](NC(=O)CCCCN)CC3. The van der Waals surface area contributed by atoms with E-state index in [1.807, 2.05) is 0 Å². The van der Waals surface area contributed by atoms with Crippen molar-refractivity contribution in [1.29, 1.82) is 0 Å². The van der Waals surface area contributed by atoms with Crippen LogP contribution in [-0.2, 0) is 34.6 Å². The van der Waals surface area contributed by atoms with Crippen molar-refractivity contribution >= 4 is 22.6 Å². The average Bonchev–Trinajstić information content (AvgIpc) is 3.29. The number of carbonyl (C=O) groups is 2. The summed E-state index contributed by atoms with van der Waals surface area (Å²) in [5.74, 6) is -0.697. The molecule has 1 amide bonds. The van der Waals surface area contributed by atoms with E-state index in [4.69, 9.17) is 10.7 Å². The largest absolute Gasteiger partial charge is 0.377 e. The molecular weight excluding hydrogens is 499 g/mol. The minimum Gasteiger partial charge on any atom is -0.377 e. The van der Waals surface area contributed by atoms with Crippen molar-refractivity contribution in [2.24, 2.45) is 5.73 Å². The molecule has 2 atom stereocenters. The number of carbonyl (C=O) groups excluding carboxylic acids is 2. The highest BCUT2D eigenvalue weighted by molar-refractivity contribution is 5.94. The number of fused-ring (bicyclic) bond motifs is 5. The van der Waals surface area contributed by atoms with Gasteiger partial charge in [0.2, 0.25) is 5.91 Å². The number of Topliss-reactive ketones (excluding diaryl/α,β-unsaturated/α-hetero) is 1. The van der Waals surface area contributed by atoms with Crippen LogP contribution in [0.2, 0.25) is 0 Å². The highest BCUT2D eigenvalue weighted by Gasteiger charge is 2.43. The number of ketones is 1. The standard InChI is InChI=1S/C30H33FN4O4/c1-3-30(39)19-12-23-28-18(14-35(23)29(38)17(19)8-10-24(30)36)27-21(33-25(37)6-4-5-11-32)9-7-16-15(2)20(31)13-22(34-28)26(16)27/h12-13,21,39H,3-11,14,32H2,1-2H3,(H,33,37)/t21-,30-/m0/s1. The summed E-state index contributed by atoms with van der Waals surface area (Å²) in [6, 6.07) is 2.85. The highest BCUT2D eigenvalue weighted by Crippen LogP contribution is 2.46. The molecule has 9 heteroatoms. The molecule has 0 radical (unpaired) electrons. The van der Waals surface area contributed by atoms with E-state index in [0.29, 0.717) is 65.8 Å². The Bertz CT molecular complexity index is 1630. The number of nitrogens with zero attached hydrogens (tertiary/aromatic N) is 2. The van der Waals surface area contributed by atoms with Crippen molar-refractivity contribution < 1.29 is 19.1 Å². The summed E-state index contributed by atoms with van der Waals surface area (Å²) in [5.41, 5.74) is 9.14. The van der Waals surface area contributed by atoms with E-state index in [1.165, 1.54) is 6.07 Å². The van der Waals surface area contributed by atoms with Crippen molar-refractivity contribution in [1.82, 2.24) is 14.9 Å². The highest BCUT2D eigenvalue weighted by atomic mass is 19.1. The molecule has 3 heterocycles. The Morgan fingerprint density at radius 2 is 2.00 bits per heavy atom. The van der Waals surface area contributed by atoms with Gasteiger partial charge >= 0.3 is 0 Å². The van der Waals surface area contributed by atoms with Crippen molar-refractivity contribution in [3.8, 4) is 11.4 Å². The third kappa shape index (κ3) is 3.77. The van der Waals surface area contributed by atoms with E-state index in [1.54, 1.807) is 24.5 Å². The van der Waals surface area contributed by atoms with Crippen molar-refractivity contribution in [3.63, 3.8) is 0 Å². The molecule has 0 saturated carbocycles. The van der Waals surface area contributed by atoms with Gasteiger partial charge in [0.1, 0.15) is 11.4 Å². The molecule has 0 saturated heterocycles. The summed E-state index contributed by atoms with van der Waals surface area (Å²) >= 11 is 0. The molecule has 6 rings (SSSR count). The summed E-state index contributed by atoms with van der Waals surface area (Å²) in [4.78, 5) is 44.2. The number of unbranched alkanes of at least 4 members (excludes halogenated alkanes) is 1. The number of nitrogens with one attached hydrogen (secondary N) is 1. The molecule has 3 aromatic rings. The Kier molecular flexibility index (Phi) is 6.19. The topological polar surface area (TPSA) is 127 Å². The first kappa shape index (κ1) is 25.8. The monoisotopic (exact) mass is 532 g/mol. The first-order valence-electron chi connectivity index (χ1n) is 13.9. The molecule has 1 aliphatic heterocycles. The molecular formula is C30H33FN4O4. The predicted molar refractivity (Wildman–Crippen MR) is 145 cm³/mol. The van der Waals surface area contributed by atoms with Crippen LogP contribution in [0.3, 0.4) is 0 Å². The summed E-state index contributed by atoms with van der Waals surface area (Å²) in [5, 5.41) is 15.3. The van der Waals surface area contributed by atoms with Gasteiger partial charge in [0.25, 0.3) is 5.56 Å². The van der Waals surface area contributed by atoms with Crippen LogP contribution < -0.4 is 16.6 Å². The van der Waals surface area contributed by atoms with Crippen LogP contribution in [0.25, 0.3) is 22.3 Å². The number of aryl methyl sites for hydroxylation is 1. The third-order valence-electron chi connectivity index (χ3n) is 8.95.